The summed E-state index contributed by atoms with van der Waals surface area (Å²) in [6.45, 7) is 49.7. The summed E-state index contributed by atoms with van der Waals surface area (Å²) in [4.78, 5) is 21.0. The van der Waals surface area contributed by atoms with E-state index in [2.05, 4.69) is 359 Å². The van der Waals surface area contributed by atoms with Crippen LogP contribution in [0.15, 0.2) is 261 Å². The topological polar surface area (TPSA) is 92.0 Å². The summed E-state index contributed by atoms with van der Waals surface area (Å²) in [6.07, 6.45) is 0. The molecule has 0 aliphatic rings. The Labute approximate surface area is 699 Å². The van der Waals surface area contributed by atoms with Gasteiger partial charge in [0.05, 0.1) is 34.2 Å². The SMILES string of the molecule is Cc1cc(C(C)(C)C)cc(C)c1-c1cc(-c2[c-]c(-c3cc(-c4cc(C(C)(C)C)cc(C(C)(C)C)c4)cc(-c4ccccc4O)n3)ccc2)nc(-c2ccccc2)c1.Cc1cc(C(C)(C)C)cc(C)c1-c1cc(-c2ccccc2)nc(-c2cccc(-c3cc(-c4cc(C(C)(C)C)cc(C(C)(C)C)c4)cc(-c4ccccc4O)n3)c2)c1.[Pt]. The van der Waals surface area contributed by atoms with E-state index in [-0.39, 0.29) is 65.1 Å². The number of phenols is 2. The Morgan fingerprint density at radius 1 is 0.217 bits per heavy atom. The van der Waals surface area contributed by atoms with Crippen molar-refractivity contribution in [1.82, 2.24) is 19.9 Å². The maximum Gasteiger partial charge on any atom is 0.124 e. The molecule has 10 aromatic carbocycles. The van der Waals surface area contributed by atoms with E-state index in [0.29, 0.717) is 16.8 Å². The molecule has 0 amide bonds. The zero-order valence-electron chi connectivity index (χ0n) is 71.3. The third-order valence-electron chi connectivity index (χ3n) is 22.0. The van der Waals surface area contributed by atoms with Crippen LogP contribution in [-0.4, -0.2) is 30.1 Å². The standard InChI is InChI=1S/C54H56N2O.C54H55N2O.Pt/c2*1-34-24-42(52(3,4)5)25-35(2)51(34)41-31-46(36-18-13-12-14-19-36)55-48(32-41)38-21-17-20-37(26-38)47-29-40(30-49(56-47)45-22-15-16-23-50(45)57)39-27-43(53(6,7)8)33-44(28-39)54(9,10)11;/h12-33,57H,1-11H3;12-25,27-33,57H,1-11H3;/q;-1;. The van der Waals surface area contributed by atoms with E-state index in [1.807, 2.05) is 48.5 Å². The van der Waals surface area contributed by atoms with Gasteiger partial charge < -0.3 is 10.2 Å². The van der Waals surface area contributed by atoms with Crippen LogP contribution in [-0.2, 0) is 53.6 Å². The second-order valence-electron chi connectivity index (χ2n) is 37.4. The molecule has 586 valence electrons. The molecular weight excluding hydrogens is 1580 g/mol. The summed E-state index contributed by atoms with van der Waals surface area (Å²) < 4.78 is 0. The van der Waals surface area contributed by atoms with E-state index in [9.17, 15) is 10.2 Å². The molecule has 0 radical (unpaired) electrons. The van der Waals surface area contributed by atoms with Crippen LogP contribution in [0.4, 0.5) is 0 Å². The molecule has 4 heterocycles. The van der Waals surface area contributed by atoms with Crippen molar-refractivity contribution < 1.29 is 31.3 Å². The van der Waals surface area contributed by atoms with Gasteiger partial charge in [-0.2, -0.15) is 0 Å². The second kappa shape index (κ2) is 32.8. The van der Waals surface area contributed by atoms with Crippen molar-refractivity contribution in [3.63, 3.8) is 0 Å². The van der Waals surface area contributed by atoms with Crippen LogP contribution in [0.5, 0.6) is 11.5 Å². The summed E-state index contributed by atoms with van der Waals surface area (Å²) >= 11 is 0. The Morgan fingerprint density at radius 2 is 0.461 bits per heavy atom. The number of para-hydroxylation sites is 2. The molecule has 14 aromatic rings. The Hall–Kier alpha value is -10.9. The number of phenolic OH excluding ortho intramolecular Hbond substituents is 2. The van der Waals surface area contributed by atoms with Gasteiger partial charge in [0.15, 0.2) is 0 Å². The van der Waals surface area contributed by atoms with Crippen LogP contribution in [0.25, 0.3) is 135 Å². The van der Waals surface area contributed by atoms with Crippen molar-refractivity contribution in [2.45, 2.75) is 185 Å². The molecule has 0 spiro atoms. The fraction of sp³-hybridized carbons (Fsp3) is 0.259. The number of pyridine rings is 4. The van der Waals surface area contributed by atoms with Gasteiger partial charge in [0.2, 0.25) is 0 Å². The summed E-state index contributed by atoms with van der Waals surface area (Å²) in [5.74, 6) is 0.400. The largest absolute Gasteiger partial charge is 0.507 e. The average Bonchev–Trinajstić information content (AvgIpc) is 0.778. The van der Waals surface area contributed by atoms with E-state index >= 15 is 0 Å². The monoisotopic (exact) mass is 1690 g/mol. The van der Waals surface area contributed by atoms with Crippen LogP contribution in [0, 0.1) is 33.8 Å². The van der Waals surface area contributed by atoms with Crippen molar-refractivity contribution in [3.05, 3.63) is 323 Å². The van der Waals surface area contributed by atoms with E-state index in [1.165, 1.54) is 66.8 Å². The van der Waals surface area contributed by atoms with Gasteiger partial charge in [0, 0.05) is 60.3 Å². The molecule has 0 fully saturated rings. The first-order chi connectivity index (χ1) is 53.7. The minimum absolute atomic E-state index is 0. The van der Waals surface area contributed by atoms with Gasteiger partial charge >= 0.3 is 0 Å². The fourth-order valence-electron chi connectivity index (χ4n) is 15.1. The normalized spacial score (nSPS) is 12.1. The Kier molecular flexibility index (Phi) is 23.8. The van der Waals surface area contributed by atoms with Crippen LogP contribution in [0.1, 0.15) is 180 Å². The maximum absolute atomic E-state index is 11.1. The molecule has 7 heteroatoms. The number of benzene rings is 10. The number of aromatic nitrogens is 4. The molecule has 0 saturated carbocycles. The van der Waals surface area contributed by atoms with Gasteiger partial charge in [0.25, 0.3) is 0 Å². The predicted octanol–water partition coefficient (Wildman–Crippen LogP) is 29.2. The van der Waals surface area contributed by atoms with Crippen LogP contribution >= 0.6 is 0 Å². The molecule has 0 unspecified atom stereocenters. The number of nitrogens with zero attached hydrogens (tertiary/aromatic N) is 4. The first-order valence-corrected chi connectivity index (χ1v) is 40.2. The van der Waals surface area contributed by atoms with Crippen LogP contribution in [0.3, 0.4) is 0 Å². The first-order valence-electron chi connectivity index (χ1n) is 40.2. The van der Waals surface area contributed by atoms with Crippen molar-refractivity contribution in [2.24, 2.45) is 0 Å². The van der Waals surface area contributed by atoms with Crippen molar-refractivity contribution >= 4 is 0 Å². The second-order valence-corrected chi connectivity index (χ2v) is 37.4. The van der Waals surface area contributed by atoms with E-state index in [1.54, 1.807) is 12.1 Å². The number of rotatable bonds is 12. The van der Waals surface area contributed by atoms with Crippen LogP contribution in [0.2, 0.25) is 0 Å². The molecular formula is C108H111N4O2Pt-. The van der Waals surface area contributed by atoms with Crippen molar-refractivity contribution in [3.8, 4) is 146 Å². The number of aryl methyl sites for hydroxylation is 4. The summed E-state index contributed by atoms with van der Waals surface area (Å²) in [7, 11) is 0. The van der Waals surface area contributed by atoms with Crippen molar-refractivity contribution in [2.75, 3.05) is 0 Å². The minimum Gasteiger partial charge on any atom is -0.507 e. The molecule has 0 atom stereocenters. The summed E-state index contributed by atoms with van der Waals surface area (Å²) in [6, 6.07) is 95.0. The molecule has 0 bridgehead atoms. The van der Waals surface area contributed by atoms with Gasteiger partial charge in [0.1, 0.15) is 11.5 Å². The zero-order chi connectivity index (χ0) is 81.7. The van der Waals surface area contributed by atoms with E-state index in [4.69, 9.17) is 19.9 Å². The number of hydrogen-bond donors (Lipinski definition) is 2. The Balaban J connectivity index is 0.000000211. The Morgan fingerprint density at radius 3 is 0.809 bits per heavy atom. The molecule has 4 aromatic heterocycles. The maximum atomic E-state index is 11.1. The molecule has 0 aliphatic carbocycles. The van der Waals surface area contributed by atoms with E-state index in [0.717, 1.165) is 107 Å². The molecule has 2 N–H and O–H groups in total. The third kappa shape index (κ3) is 19.1. The minimum atomic E-state index is -0.0413. The van der Waals surface area contributed by atoms with Gasteiger partial charge in [-0.25, -0.2) is 9.97 Å². The number of hydrogen-bond acceptors (Lipinski definition) is 6. The molecule has 0 aliphatic heterocycles. The smallest absolute Gasteiger partial charge is 0.124 e. The molecule has 0 saturated heterocycles. The van der Waals surface area contributed by atoms with Gasteiger partial charge in [-0.1, -0.05) is 312 Å². The van der Waals surface area contributed by atoms with E-state index < -0.39 is 0 Å². The van der Waals surface area contributed by atoms with Gasteiger partial charge in [-0.3, -0.25) is 9.97 Å². The third-order valence-corrected chi connectivity index (χ3v) is 22.0. The van der Waals surface area contributed by atoms with Gasteiger partial charge in [-0.05, 0) is 233 Å². The molecule has 115 heavy (non-hydrogen) atoms. The molecule has 14 rings (SSSR count). The van der Waals surface area contributed by atoms with Gasteiger partial charge in [-0.15, -0.1) is 24.3 Å². The fourth-order valence-corrected chi connectivity index (χ4v) is 15.1. The quantitative estimate of drug-likeness (QED) is 0.118. The summed E-state index contributed by atoms with van der Waals surface area (Å²) in [5, 5.41) is 22.1. The first kappa shape index (κ1) is 83.5. The Bertz CT molecular complexity index is 5450. The average molecular weight is 1690 g/mol. The molecule has 6 nitrogen and oxygen atoms in total. The predicted molar refractivity (Wildman–Crippen MR) is 483 cm³/mol. The van der Waals surface area contributed by atoms with Crippen molar-refractivity contribution in [1.29, 1.82) is 0 Å². The number of aromatic hydroxyl groups is 2. The van der Waals surface area contributed by atoms with Crippen LogP contribution < -0.4 is 0 Å². The summed E-state index contributed by atoms with van der Waals surface area (Å²) in [5.41, 5.74) is 35.7. The zero-order valence-corrected chi connectivity index (χ0v) is 73.6.